The zero-order valence-electron chi connectivity index (χ0n) is 13.2. The summed E-state index contributed by atoms with van der Waals surface area (Å²) in [5.41, 5.74) is 6.44. The minimum absolute atomic E-state index is 0.411. The Labute approximate surface area is 134 Å². The number of aromatic nitrogens is 1. The highest BCUT2D eigenvalue weighted by atomic mass is 16.6. The summed E-state index contributed by atoms with van der Waals surface area (Å²) in [6.45, 7) is 3.57. The van der Waals surface area contributed by atoms with Crippen LogP contribution in [0.5, 0.6) is 23.0 Å². The zero-order valence-corrected chi connectivity index (χ0v) is 13.2. The highest BCUT2D eigenvalue weighted by Crippen LogP contribution is 2.47. The van der Waals surface area contributed by atoms with Crippen LogP contribution >= 0.6 is 0 Å². The summed E-state index contributed by atoms with van der Waals surface area (Å²) in [6.07, 6.45) is 1.22. The maximum atomic E-state index is 5.81. The molecule has 2 aromatic rings. The monoisotopic (exact) mass is 320 g/mol. The van der Waals surface area contributed by atoms with E-state index in [0.717, 1.165) is 5.39 Å². The summed E-state index contributed by atoms with van der Waals surface area (Å²) < 4.78 is 28.0. The third-order valence-corrected chi connectivity index (χ3v) is 3.30. The Balaban J connectivity index is 2.10. The van der Waals surface area contributed by atoms with E-state index in [-0.39, 0.29) is 0 Å². The maximum absolute atomic E-state index is 5.81. The molecule has 0 amide bonds. The average Bonchev–Trinajstić information content (AvgIpc) is 2.54. The molecule has 23 heavy (non-hydrogen) atoms. The second-order valence-electron chi connectivity index (χ2n) is 5.10. The van der Waals surface area contributed by atoms with Crippen molar-refractivity contribution in [3.05, 3.63) is 18.3 Å². The molecule has 1 unspecified atom stereocenters. The Kier molecular flexibility index (Phi) is 4.68. The zero-order chi connectivity index (χ0) is 16.2. The first kappa shape index (κ1) is 15.6. The first-order valence-corrected chi connectivity index (χ1v) is 7.46. The van der Waals surface area contributed by atoms with Gasteiger partial charge < -0.3 is 23.7 Å². The van der Waals surface area contributed by atoms with Gasteiger partial charge in [-0.05, 0) is 13.0 Å². The molecule has 1 aromatic heterocycles. The molecule has 1 atom stereocenters. The van der Waals surface area contributed by atoms with Crippen LogP contribution in [0.2, 0.25) is 0 Å². The van der Waals surface area contributed by atoms with Crippen LogP contribution in [0.3, 0.4) is 0 Å². The SMILES string of the molecule is COCCOc1cc2nccc(OC(C)N)c2c2c1OCCO2. The number of pyridine rings is 1. The van der Waals surface area contributed by atoms with Gasteiger partial charge in [0.05, 0.1) is 17.5 Å². The highest BCUT2D eigenvalue weighted by molar-refractivity contribution is 5.95. The lowest BCUT2D eigenvalue weighted by atomic mass is 10.1. The van der Waals surface area contributed by atoms with Gasteiger partial charge in [0, 0.05) is 19.4 Å². The van der Waals surface area contributed by atoms with Crippen LogP contribution in [0.4, 0.5) is 0 Å². The van der Waals surface area contributed by atoms with Crippen LogP contribution in [-0.4, -0.2) is 44.7 Å². The molecule has 0 bridgehead atoms. The van der Waals surface area contributed by atoms with Gasteiger partial charge in [0.1, 0.15) is 31.8 Å². The number of methoxy groups -OCH3 is 1. The van der Waals surface area contributed by atoms with E-state index in [1.165, 1.54) is 0 Å². The number of hydrogen-bond donors (Lipinski definition) is 1. The Bertz CT molecular complexity index is 690. The highest BCUT2D eigenvalue weighted by Gasteiger charge is 2.24. The molecule has 3 rings (SSSR count). The fourth-order valence-corrected chi connectivity index (χ4v) is 2.41. The molecular weight excluding hydrogens is 300 g/mol. The van der Waals surface area contributed by atoms with Gasteiger partial charge in [0.2, 0.25) is 5.75 Å². The minimum atomic E-state index is -0.446. The van der Waals surface area contributed by atoms with Gasteiger partial charge in [-0.25, -0.2) is 0 Å². The van der Waals surface area contributed by atoms with Crippen LogP contribution in [0.25, 0.3) is 10.9 Å². The van der Waals surface area contributed by atoms with Crippen molar-refractivity contribution in [2.75, 3.05) is 33.5 Å². The fraction of sp³-hybridized carbons (Fsp3) is 0.438. The van der Waals surface area contributed by atoms with Crippen LogP contribution in [-0.2, 0) is 4.74 Å². The normalized spacial score (nSPS) is 14.6. The fourth-order valence-electron chi connectivity index (χ4n) is 2.41. The third-order valence-electron chi connectivity index (χ3n) is 3.30. The first-order chi connectivity index (χ1) is 11.2. The van der Waals surface area contributed by atoms with Gasteiger partial charge >= 0.3 is 0 Å². The molecule has 7 nitrogen and oxygen atoms in total. The van der Waals surface area contributed by atoms with Crippen molar-refractivity contribution in [1.82, 2.24) is 4.98 Å². The van der Waals surface area contributed by atoms with Crippen LogP contribution < -0.4 is 24.7 Å². The molecule has 0 spiro atoms. The van der Waals surface area contributed by atoms with Gasteiger partial charge in [-0.2, -0.15) is 0 Å². The van der Waals surface area contributed by atoms with E-state index in [4.69, 9.17) is 29.4 Å². The molecule has 2 N–H and O–H groups in total. The molecule has 1 aliphatic heterocycles. The standard InChI is InChI=1S/C16H20N2O5/c1-10(17)23-12-3-4-18-11-9-13(20-6-5-19-2)15-16(14(11)12)22-8-7-21-15/h3-4,9-10H,5-8,17H2,1-2H3. The van der Waals surface area contributed by atoms with Crippen LogP contribution in [0, 0.1) is 0 Å². The largest absolute Gasteiger partial charge is 0.487 e. The number of rotatable bonds is 6. The van der Waals surface area contributed by atoms with E-state index >= 15 is 0 Å². The number of fused-ring (bicyclic) bond motifs is 3. The van der Waals surface area contributed by atoms with Crippen molar-refractivity contribution < 1.29 is 23.7 Å². The van der Waals surface area contributed by atoms with Crippen molar-refractivity contribution in [1.29, 1.82) is 0 Å². The molecular formula is C16H20N2O5. The van der Waals surface area contributed by atoms with Crippen LogP contribution in [0.1, 0.15) is 6.92 Å². The molecule has 2 heterocycles. The Morgan fingerprint density at radius 2 is 2.00 bits per heavy atom. The Hall–Kier alpha value is -2.25. The number of benzene rings is 1. The molecule has 0 saturated heterocycles. The van der Waals surface area contributed by atoms with E-state index in [9.17, 15) is 0 Å². The summed E-state index contributed by atoms with van der Waals surface area (Å²) in [7, 11) is 1.62. The second-order valence-corrected chi connectivity index (χ2v) is 5.10. The third kappa shape index (κ3) is 3.25. The first-order valence-electron chi connectivity index (χ1n) is 7.46. The molecule has 7 heteroatoms. The molecule has 0 saturated carbocycles. The van der Waals surface area contributed by atoms with Gasteiger partial charge in [0.15, 0.2) is 11.5 Å². The lowest BCUT2D eigenvalue weighted by molar-refractivity contribution is 0.134. The predicted octanol–water partition coefficient (Wildman–Crippen LogP) is 1.71. The van der Waals surface area contributed by atoms with Crippen molar-refractivity contribution in [2.45, 2.75) is 13.2 Å². The number of ether oxygens (including phenoxy) is 5. The van der Waals surface area contributed by atoms with E-state index in [0.29, 0.717) is 54.9 Å². The Morgan fingerprint density at radius 1 is 1.22 bits per heavy atom. The summed E-state index contributed by atoms with van der Waals surface area (Å²) in [4.78, 5) is 4.38. The molecule has 0 aliphatic carbocycles. The van der Waals surface area contributed by atoms with E-state index in [1.54, 1.807) is 26.3 Å². The van der Waals surface area contributed by atoms with Gasteiger partial charge in [0.25, 0.3) is 0 Å². The molecule has 0 fully saturated rings. The van der Waals surface area contributed by atoms with Crippen molar-refractivity contribution in [3.63, 3.8) is 0 Å². The summed E-state index contributed by atoms with van der Waals surface area (Å²) in [6, 6.07) is 3.57. The smallest absolute Gasteiger partial charge is 0.204 e. The molecule has 1 aromatic carbocycles. The predicted molar refractivity (Wildman–Crippen MR) is 84.4 cm³/mol. The van der Waals surface area contributed by atoms with Crippen molar-refractivity contribution in [2.24, 2.45) is 5.73 Å². The van der Waals surface area contributed by atoms with Gasteiger partial charge in [-0.15, -0.1) is 0 Å². The lowest BCUT2D eigenvalue weighted by Crippen LogP contribution is -2.23. The topological polar surface area (TPSA) is 85.1 Å². The minimum Gasteiger partial charge on any atom is -0.487 e. The summed E-state index contributed by atoms with van der Waals surface area (Å²) in [5.74, 6) is 2.32. The quantitative estimate of drug-likeness (QED) is 0.640. The number of nitrogens with zero attached hydrogens (tertiary/aromatic N) is 1. The maximum Gasteiger partial charge on any atom is 0.204 e. The van der Waals surface area contributed by atoms with E-state index in [1.807, 2.05) is 6.07 Å². The molecule has 1 aliphatic rings. The molecule has 124 valence electrons. The Morgan fingerprint density at radius 3 is 2.74 bits per heavy atom. The second kappa shape index (κ2) is 6.89. The average molecular weight is 320 g/mol. The van der Waals surface area contributed by atoms with E-state index in [2.05, 4.69) is 4.98 Å². The molecule has 0 radical (unpaired) electrons. The number of hydrogen-bond acceptors (Lipinski definition) is 7. The van der Waals surface area contributed by atoms with Crippen LogP contribution in [0.15, 0.2) is 18.3 Å². The van der Waals surface area contributed by atoms with Gasteiger partial charge in [-0.3, -0.25) is 10.7 Å². The lowest BCUT2D eigenvalue weighted by Gasteiger charge is -2.24. The van der Waals surface area contributed by atoms with Crippen molar-refractivity contribution in [3.8, 4) is 23.0 Å². The van der Waals surface area contributed by atoms with Crippen molar-refractivity contribution >= 4 is 10.9 Å². The summed E-state index contributed by atoms with van der Waals surface area (Å²) in [5, 5.41) is 0.735. The number of nitrogens with two attached hydrogens (primary N) is 1. The van der Waals surface area contributed by atoms with Gasteiger partial charge in [-0.1, -0.05) is 0 Å². The van der Waals surface area contributed by atoms with E-state index < -0.39 is 6.23 Å². The summed E-state index contributed by atoms with van der Waals surface area (Å²) >= 11 is 0.